The highest BCUT2D eigenvalue weighted by Crippen LogP contribution is 2.28. The quantitative estimate of drug-likeness (QED) is 0.485. The Balaban J connectivity index is 1.40. The van der Waals surface area contributed by atoms with Crippen LogP contribution in [0.25, 0.3) is 11.1 Å². The van der Waals surface area contributed by atoms with E-state index in [1.165, 1.54) is 7.11 Å². The van der Waals surface area contributed by atoms with Crippen LogP contribution < -0.4 is 21.3 Å². The molecule has 7 heteroatoms. The molecule has 0 bridgehead atoms. The summed E-state index contributed by atoms with van der Waals surface area (Å²) in [6.07, 6.45) is 0.870. The van der Waals surface area contributed by atoms with E-state index in [4.69, 9.17) is 10.5 Å². The lowest BCUT2D eigenvalue weighted by atomic mass is 10.0. The monoisotopic (exact) mass is 444 g/mol. The van der Waals surface area contributed by atoms with E-state index in [9.17, 15) is 9.59 Å². The van der Waals surface area contributed by atoms with Crippen LogP contribution in [0.2, 0.25) is 0 Å². The summed E-state index contributed by atoms with van der Waals surface area (Å²) in [5.41, 5.74) is 10.8. The third kappa shape index (κ3) is 5.51. The molecular weight excluding hydrogens is 416 g/mol. The zero-order valence-corrected chi connectivity index (χ0v) is 18.6. The van der Waals surface area contributed by atoms with Crippen LogP contribution >= 0.6 is 0 Å². The van der Waals surface area contributed by atoms with Gasteiger partial charge >= 0.3 is 0 Å². The van der Waals surface area contributed by atoms with E-state index in [1.54, 1.807) is 18.2 Å². The Morgan fingerprint density at radius 1 is 1.03 bits per heavy atom. The normalized spacial score (nSPS) is 15.3. The van der Waals surface area contributed by atoms with E-state index in [0.717, 1.165) is 36.3 Å². The maximum Gasteiger partial charge on any atom is 0.255 e. The Kier molecular flexibility index (Phi) is 6.90. The summed E-state index contributed by atoms with van der Waals surface area (Å²) in [6.45, 7) is 1.63. The third-order valence-corrected chi connectivity index (χ3v) is 5.73. The maximum atomic E-state index is 12.8. The van der Waals surface area contributed by atoms with Crippen molar-refractivity contribution in [1.29, 1.82) is 0 Å². The second-order valence-corrected chi connectivity index (χ2v) is 8.10. The molecule has 3 aromatic carbocycles. The largest absolute Gasteiger partial charge is 0.397 e. The molecule has 1 unspecified atom stereocenters. The number of nitrogens with two attached hydrogens (primary N) is 1. The standard InChI is InChI=1S/C26H28N4O3/c1-33-17-25(31)28-21-13-14-30(16-21)22-10-7-19(8-11-22)26(32)29-24-15-20(9-12-23(24)27)18-5-3-2-4-6-18/h2-12,15,21H,13-14,16-17,27H2,1H3,(H,28,31)(H,29,32). The van der Waals surface area contributed by atoms with Crippen LogP contribution in [-0.4, -0.2) is 44.7 Å². The van der Waals surface area contributed by atoms with Gasteiger partial charge in [-0.15, -0.1) is 0 Å². The molecule has 1 aliphatic heterocycles. The number of anilines is 3. The lowest BCUT2D eigenvalue weighted by Crippen LogP contribution is -2.38. The molecule has 2 amide bonds. The van der Waals surface area contributed by atoms with Crippen molar-refractivity contribution in [2.45, 2.75) is 12.5 Å². The zero-order valence-electron chi connectivity index (χ0n) is 18.6. The fourth-order valence-electron chi connectivity index (χ4n) is 4.01. The second kappa shape index (κ2) is 10.2. The predicted octanol–water partition coefficient (Wildman–Crippen LogP) is 3.53. The van der Waals surface area contributed by atoms with Gasteiger partial charge in [0.25, 0.3) is 5.91 Å². The number of nitrogens with zero attached hydrogens (tertiary/aromatic N) is 1. The molecule has 1 fully saturated rings. The molecule has 0 aromatic heterocycles. The van der Waals surface area contributed by atoms with Crippen molar-refractivity contribution in [3.05, 3.63) is 78.4 Å². The van der Waals surface area contributed by atoms with Crippen LogP contribution in [0.3, 0.4) is 0 Å². The summed E-state index contributed by atoms with van der Waals surface area (Å²) < 4.78 is 4.87. The number of amides is 2. The minimum absolute atomic E-state index is 0.0685. The maximum absolute atomic E-state index is 12.8. The van der Waals surface area contributed by atoms with Crippen molar-refractivity contribution in [3.8, 4) is 11.1 Å². The van der Waals surface area contributed by atoms with E-state index < -0.39 is 0 Å². The first kappa shape index (κ1) is 22.4. The number of hydrogen-bond donors (Lipinski definition) is 3. The van der Waals surface area contributed by atoms with Crippen LogP contribution in [0.5, 0.6) is 0 Å². The van der Waals surface area contributed by atoms with Crippen LogP contribution in [0.4, 0.5) is 17.1 Å². The van der Waals surface area contributed by atoms with Gasteiger partial charge in [-0.25, -0.2) is 0 Å². The predicted molar refractivity (Wildman–Crippen MR) is 131 cm³/mol. The average molecular weight is 445 g/mol. The fourth-order valence-corrected chi connectivity index (χ4v) is 4.01. The number of nitrogens with one attached hydrogen (secondary N) is 2. The molecule has 4 N–H and O–H groups in total. The molecular formula is C26H28N4O3. The van der Waals surface area contributed by atoms with Crippen LogP contribution in [-0.2, 0) is 9.53 Å². The minimum atomic E-state index is -0.218. The van der Waals surface area contributed by atoms with Gasteiger partial charge in [0.2, 0.25) is 5.91 Å². The Morgan fingerprint density at radius 3 is 2.52 bits per heavy atom. The molecule has 1 heterocycles. The van der Waals surface area contributed by atoms with Gasteiger partial charge in [0.1, 0.15) is 6.61 Å². The summed E-state index contributed by atoms with van der Waals surface area (Å²) in [5, 5.41) is 5.91. The van der Waals surface area contributed by atoms with Gasteiger partial charge < -0.3 is 26.0 Å². The van der Waals surface area contributed by atoms with Crippen LogP contribution in [0.15, 0.2) is 72.8 Å². The van der Waals surface area contributed by atoms with E-state index in [0.29, 0.717) is 16.9 Å². The van der Waals surface area contributed by atoms with Crippen molar-refractivity contribution in [3.63, 3.8) is 0 Å². The van der Waals surface area contributed by atoms with Crippen molar-refractivity contribution >= 4 is 28.9 Å². The number of nitrogen functional groups attached to an aromatic ring is 1. The Labute approximate surface area is 193 Å². The van der Waals surface area contributed by atoms with Crippen LogP contribution in [0, 0.1) is 0 Å². The highest BCUT2D eigenvalue weighted by Gasteiger charge is 2.24. The highest BCUT2D eigenvalue weighted by atomic mass is 16.5. The molecule has 1 saturated heterocycles. The van der Waals surface area contributed by atoms with Crippen molar-refractivity contribution in [1.82, 2.24) is 5.32 Å². The van der Waals surface area contributed by atoms with Gasteiger partial charge in [0.15, 0.2) is 0 Å². The first-order valence-corrected chi connectivity index (χ1v) is 10.9. The lowest BCUT2D eigenvalue weighted by molar-refractivity contribution is -0.125. The molecule has 33 heavy (non-hydrogen) atoms. The van der Waals surface area contributed by atoms with Crippen molar-refractivity contribution in [2.75, 3.05) is 42.8 Å². The van der Waals surface area contributed by atoms with Crippen molar-refractivity contribution < 1.29 is 14.3 Å². The minimum Gasteiger partial charge on any atom is -0.397 e. The molecule has 1 atom stereocenters. The topological polar surface area (TPSA) is 96.7 Å². The molecule has 3 aromatic rings. The zero-order chi connectivity index (χ0) is 23.2. The average Bonchev–Trinajstić information content (AvgIpc) is 3.29. The molecule has 0 radical (unpaired) electrons. The number of carbonyl (C=O) groups is 2. The van der Waals surface area contributed by atoms with Gasteiger partial charge in [-0.1, -0.05) is 36.4 Å². The Hall–Kier alpha value is -3.84. The second-order valence-electron chi connectivity index (χ2n) is 8.10. The molecule has 1 aliphatic rings. The first-order valence-electron chi connectivity index (χ1n) is 10.9. The first-order chi connectivity index (χ1) is 16.0. The van der Waals surface area contributed by atoms with E-state index in [-0.39, 0.29) is 24.5 Å². The summed E-state index contributed by atoms with van der Waals surface area (Å²) in [7, 11) is 1.51. The fraction of sp³-hybridized carbons (Fsp3) is 0.231. The van der Waals surface area contributed by atoms with E-state index in [2.05, 4.69) is 15.5 Å². The van der Waals surface area contributed by atoms with Gasteiger partial charge in [-0.2, -0.15) is 0 Å². The molecule has 0 aliphatic carbocycles. The number of ether oxygens (including phenoxy) is 1. The van der Waals surface area contributed by atoms with Gasteiger partial charge in [0, 0.05) is 37.5 Å². The molecule has 0 spiro atoms. The number of rotatable bonds is 7. The molecule has 7 nitrogen and oxygen atoms in total. The number of methoxy groups -OCH3 is 1. The Morgan fingerprint density at radius 2 is 1.79 bits per heavy atom. The van der Waals surface area contributed by atoms with Crippen molar-refractivity contribution in [2.24, 2.45) is 0 Å². The number of carbonyl (C=O) groups excluding carboxylic acids is 2. The number of hydrogen-bond acceptors (Lipinski definition) is 5. The lowest BCUT2D eigenvalue weighted by Gasteiger charge is -2.19. The number of benzene rings is 3. The van der Waals surface area contributed by atoms with E-state index >= 15 is 0 Å². The summed E-state index contributed by atoms with van der Waals surface area (Å²) >= 11 is 0. The van der Waals surface area contributed by atoms with Gasteiger partial charge in [-0.05, 0) is 53.9 Å². The highest BCUT2D eigenvalue weighted by molar-refractivity contribution is 6.06. The Bertz CT molecular complexity index is 1120. The van der Waals surface area contributed by atoms with Gasteiger partial charge in [-0.3, -0.25) is 9.59 Å². The van der Waals surface area contributed by atoms with Gasteiger partial charge in [0.05, 0.1) is 11.4 Å². The van der Waals surface area contributed by atoms with Crippen LogP contribution in [0.1, 0.15) is 16.8 Å². The molecule has 4 rings (SSSR count). The molecule has 170 valence electrons. The third-order valence-electron chi connectivity index (χ3n) is 5.73. The summed E-state index contributed by atoms with van der Waals surface area (Å²) in [5.74, 6) is -0.323. The SMILES string of the molecule is COCC(=O)NC1CCN(c2ccc(C(=O)Nc3cc(-c4ccccc4)ccc3N)cc2)C1. The molecule has 0 saturated carbocycles. The summed E-state index contributed by atoms with van der Waals surface area (Å²) in [6, 6.07) is 23.1. The smallest absolute Gasteiger partial charge is 0.255 e. The van der Waals surface area contributed by atoms with E-state index in [1.807, 2.05) is 54.6 Å². The summed E-state index contributed by atoms with van der Waals surface area (Å²) in [4.78, 5) is 26.8.